The van der Waals surface area contributed by atoms with Crippen LogP contribution in [0.3, 0.4) is 0 Å². The van der Waals surface area contributed by atoms with Crippen LogP contribution in [-0.4, -0.2) is 17.8 Å². The zero-order chi connectivity index (χ0) is 11.9. The van der Waals surface area contributed by atoms with Gasteiger partial charge in [0.15, 0.2) is 11.5 Å². The number of para-hydroxylation sites is 1. The maximum absolute atomic E-state index is 10.3. The Morgan fingerprint density at radius 2 is 2.12 bits per heavy atom. The lowest BCUT2D eigenvalue weighted by atomic mass is 9.87. The van der Waals surface area contributed by atoms with E-state index in [4.69, 9.17) is 9.47 Å². The minimum absolute atomic E-state index is 0.152. The first-order valence-corrected chi connectivity index (χ1v) is 6.28. The van der Waals surface area contributed by atoms with Crippen LogP contribution in [0.5, 0.6) is 11.5 Å². The number of methoxy groups -OCH3 is 1. The van der Waals surface area contributed by atoms with Crippen LogP contribution in [-0.2, 0) is 0 Å². The first kappa shape index (κ1) is 10.9. The van der Waals surface area contributed by atoms with E-state index >= 15 is 0 Å². The molecule has 0 bridgehead atoms. The maximum atomic E-state index is 10.3. The summed E-state index contributed by atoms with van der Waals surface area (Å²) in [4.78, 5) is 0. The minimum Gasteiger partial charge on any atom is -0.493 e. The number of benzene rings is 1. The van der Waals surface area contributed by atoms with Gasteiger partial charge in [-0.1, -0.05) is 12.1 Å². The van der Waals surface area contributed by atoms with Crippen molar-refractivity contribution in [3.05, 3.63) is 23.8 Å². The molecule has 1 heterocycles. The molecule has 1 atom stereocenters. The zero-order valence-electron chi connectivity index (χ0n) is 10.1. The van der Waals surface area contributed by atoms with Crippen molar-refractivity contribution in [3.8, 4) is 11.5 Å². The molecule has 1 spiro atoms. The van der Waals surface area contributed by atoms with Crippen molar-refractivity contribution in [1.82, 2.24) is 0 Å². The van der Waals surface area contributed by atoms with E-state index in [1.165, 1.54) is 12.8 Å². The zero-order valence-corrected chi connectivity index (χ0v) is 10.1. The van der Waals surface area contributed by atoms with Crippen LogP contribution in [0.1, 0.15) is 43.8 Å². The van der Waals surface area contributed by atoms with E-state index in [-0.39, 0.29) is 5.60 Å². The summed E-state index contributed by atoms with van der Waals surface area (Å²) < 4.78 is 11.5. The van der Waals surface area contributed by atoms with Crippen molar-refractivity contribution in [2.75, 3.05) is 7.11 Å². The highest BCUT2D eigenvalue weighted by molar-refractivity contribution is 5.49. The molecule has 17 heavy (non-hydrogen) atoms. The summed E-state index contributed by atoms with van der Waals surface area (Å²) in [7, 11) is 1.64. The summed E-state index contributed by atoms with van der Waals surface area (Å²) in [5.74, 6) is 1.48. The van der Waals surface area contributed by atoms with E-state index in [9.17, 15) is 5.11 Å². The van der Waals surface area contributed by atoms with Crippen molar-refractivity contribution in [2.24, 2.45) is 0 Å². The van der Waals surface area contributed by atoms with Gasteiger partial charge in [-0.05, 0) is 31.7 Å². The molecule has 3 nitrogen and oxygen atoms in total. The van der Waals surface area contributed by atoms with Crippen LogP contribution in [0.25, 0.3) is 0 Å². The van der Waals surface area contributed by atoms with Crippen molar-refractivity contribution < 1.29 is 14.6 Å². The van der Waals surface area contributed by atoms with E-state index in [0.717, 1.165) is 29.9 Å². The highest BCUT2D eigenvalue weighted by atomic mass is 16.5. The van der Waals surface area contributed by atoms with Gasteiger partial charge in [-0.25, -0.2) is 0 Å². The number of ether oxygens (including phenoxy) is 2. The molecule has 1 aromatic rings. The third-order valence-electron chi connectivity index (χ3n) is 3.99. The number of hydrogen-bond acceptors (Lipinski definition) is 3. The third-order valence-corrected chi connectivity index (χ3v) is 3.99. The van der Waals surface area contributed by atoms with Crippen LogP contribution in [0, 0.1) is 0 Å². The molecule has 0 radical (unpaired) electrons. The highest BCUT2D eigenvalue weighted by Gasteiger charge is 2.43. The van der Waals surface area contributed by atoms with E-state index in [2.05, 4.69) is 0 Å². The Kier molecular flexibility index (Phi) is 2.51. The van der Waals surface area contributed by atoms with E-state index < -0.39 is 6.10 Å². The van der Waals surface area contributed by atoms with Gasteiger partial charge in [0.2, 0.25) is 0 Å². The second kappa shape index (κ2) is 3.91. The lowest BCUT2D eigenvalue weighted by Gasteiger charge is -2.38. The summed E-state index contributed by atoms with van der Waals surface area (Å²) in [6, 6.07) is 5.71. The fraction of sp³-hybridized carbons (Fsp3) is 0.571. The number of rotatable bonds is 1. The van der Waals surface area contributed by atoms with Crippen LogP contribution < -0.4 is 9.47 Å². The SMILES string of the molecule is COc1cccc2c1OC1(CCCC1)CC2O. The highest BCUT2D eigenvalue weighted by Crippen LogP contribution is 2.50. The number of aliphatic hydroxyl groups is 1. The largest absolute Gasteiger partial charge is 0.493 e. The molecule has 3 rings (SSSR count). The van der Waals surface area contributed by atoms with Crippen LogP contribution >= 0.6 is 0 Å². The van der Waals surface area contributed by atoms with E-state index in [1.807, 2.05) is 18.2 Å². The topological polar surface area (TPSA) is 38.7 Å². The van der Waals surface area contributed by atoms with E-state index in [1.54, 1.807) is 7.11 Å². The molecule has 1 N–H and O–H groups in total. The molecule has 0 amide bonds. The second-order valence-corrected chi connectivity index (χ2v) is 5.09. The third kappa shape index (κ3) is 1.69. The van der Waals surface area contributed by atoms with Crippen LogP contribution in [0.2, 0.25) is 0 Å². The molecule has 1 saturated carbocycles. The quantitative estimate of drug-likeness (QED) is 0.812. The molecule has 92 valence electrons. The first-order valence-electron chi connectivity index (χ1n) is 6.28. The van der Waals surface area contributed by atoms with Gasteiger partial charge < -0.3 is 14.6 Å². The molecule has 1 fully saturated rings. The molecule has 0 saturated heterocycles. The lowest BCUT2D eigenvalue weighted by Crippen LogP contribution is -2.38. The van der Waals surface area contributed by atoms with Gasteiger partial charge in [-0.15, -0.1) is 0 Å². The van der Waals surface area contributed by atoms with Gasteiger partial charge in [-0.3, -0.25) is 0 Å². The predicted octanol–water partition coefficient (Wildman–Crippen LogP) is 2.82. The van der Waals surface area contributed by atoms with E-state index in [0.29, 0.717) is 6.42 Å². The van der Waals surface area contributed by atoms with Gasteiger partial charge >= 0.3 is 0 Å². The lowest BCUT2D eigenvalue weighted by molar-refractivity contribution is -0.0114. The van der Waals surface area contributed by atoms with Gasteiger partial charge in [0.05, 0.1) is 13.2 Å². The summed E-state index contributed by atoms with van der Waals surface area (Å²) in [6.45, 7) is 0. The van der Waals surface area contributed by atoms with Crippen LogP contribution in [0.4, 0.5) is 0 Å². The molecule has 3 heteroatoms. The Morgan fingerprint density at radius 3 is 2.82 bits per heavy atom. The average molecular weight is 234 g/mol. The standard InChI is InChI=1S/C14H18O3/c1-16-12-6-4-5-10-11(15)9-14(17-13(10)12)7-2-3-8-14/h4-6,11,15H,2-3,7-9H2,1H3. The summed E-state index contributed by atoms with van der Waals surface area (Å²) >= 11 is 0. The Bertz CT molecular complexity index is 421. The summed E-state index contributed by atoms with van der Waals surface area (Å²) in [5, 5.41) is 10.3. The van der Waals surface area contributed by atoms with Crippen molar-refractivity contribution >= 4 is 0 Å². The predicted molar refractivity (Wildman–Crippen MR) is 64.4 cm³/mol. The van der Waals surface area contributed by atoms with Crippen LogP contribution in [0.15, 0.2) is 18.2 Å². The Balaban J connectivity index is 2.03. The molecule has 1 aromatic carbocycles. The fourth-order valence-corrected chi connectivity index (χ4v) is 3.11. The molecule has 1 aliphatic heterocycles. The summed E-state index contributed by atoms with van der Waals surface area (Å²) in [5.41, 5.74) is 0.711. The number of fused-ring (bicyclic) bond motifs is 1. The normalized spacial score (nSPS) is 25.4. The van der Waals surface area contributed by atoms with Gasteiger partial charge in [0.1, 0.15) is 5.60 Å². The van der Waals surface area contributed by atoms with Crippen molar-refractivity contribution in [1.29, 1.82) is 0 Å². The fourth-order valence-electron chi connectivity index (χ4n) is 3.11. The molecule has 2 aliphatic rings. The van der Waals surface area contributed by atoms with Crippen molar-refractivity contribution in [2.45, 2.75) is 43.8 Å². The Morgan fingerprint density at radius 1 is 1.35 bits per heavy atom. The van der Waals surface area contributed by atoms with Gasteiger partial charge in [-0.2, -0.15) is 0 Å². The number of aliphatic hydroxyl groups excluding tert-OH is 1. The van der Waals surface area contributed by atoms with Gasteiger partial charge in [0.25, 0.3) is 0 Å². The molecule has 1 aliphatic carbocycles. The minimum atomic E-state index is -0.424. The second-order valence-electron chi connectivity index (χ2n) is 5.09. The van der Waals surface area contributed by atoms with Gasteiger partial charge in [0, 0.05) is 12.0 Å². The average Bonchev–Trinajstić information content (AvgIpc) is 2.76. The van der Waals surface area contributed by atoms with Crippen molar-refractivity contribution in [3.63, 3.8) is 0 Å². The molecular weight excluding hydrogens is 216 g/mol. The molecule has 1 unspecified atom stereocenters. The number of hydrogen-bond donors (Lipinski definition) is 1. The Labute approximate surface area is 101 Å². The molecular formula is C14H18O3. The Hall–Kier alpha value is -1.22. The maximum Gasteiger partial charge on any atom is 0.167 e. The monoisotopic (exact) mass is 234 g/mol. The smallest absolute Gasteiger partial charge is 0.167 e. The summed E-state index contributed by atoms with van der Waals surface area (Å²) in [6.07, 6.45) is 4.76. The molecule has 0 aromatic heterocycles. The first-order chi connectivity index (χ1) is 8.24.